The highest BCUT2D eigenvalue weighted by molar-refractivity contribution is 5.84. The van der Waals surface area contributed by atoms with Gasteiger partial charge in [0.25, 0.3) is 0 Å². The summed E-state index contributed by atoms with van der Waals surface area (Å²) in [5, 5.41) is 3.57. The Morgan fingerprint density at radius 1 is 1.30 bits per heavy atom. The summed E-state index contributed by atoms with van der Waals surface area (Å²) in [7, 11) is 0. The second kappa shape index (κ2) is 6.05. The molecule has 2 aliphatic rings. The van der Waals surface area contributed by atoms with Gasteiger partial charge in [-0.05, 0) is 49.9 Å². The minimum Gasteiger partial charge on any atom is -0.323 e. The van der Waals surface area contributed by atoms with Crippen LogP contribution in [0.25, 0.3) is 0 Å². The van der Waals surface area contributed by atoms with Crippen LogP contribution in [0.15, 0.2) is 0 Å². The highest BCUT2D eigenvalue weighted by atomic mass is 16.2. The first-order chi connectivity index (χ1) is 9.34. The van der Waals surface area contributed by atoms with E-state index in [0.29, 0.717) is 23.3 Å². The van der Waals surface area contributed by atoms with Crippen LogP contribution in [0.1, 0.15) is 73.1 Å². The lowest BCUT2D eigenvalue weighted by atomic mass is 9.75. The van der Waals surface area contributed by atoms with E-state index in [1.54, 1.807) is 0 Å². The zero-order valence-electron chi connectivity index (χ0n) is 13.9. The molecule has 3 nitrogen and oxygen atoms in total. The second-order valence-electron chi connectivity index (χ2n) is 7.91. The molecule has 0 aromatic heterocycles. The Bertz CT molecular complexity index is 341. The summed E-state index contributed by atoms with van der Waals surface area (Å²) in [6.07, 6.45) is 7.07. The SMILES string of the molecule is CCC1NC(CC(C)C)N(C2CCC(C)(C)CC2)C1=O. The molecule has 1 heterocycles. The minimum atomic E-state index is 0.0497. The molecule has 0 radical (unpaired) electrons. The fourth-order valence-corrected chi connectivity index (χ4v) is 3.73. The van der Waals surface area contributed by atoms with Gasteiger partial charge in [0.1, 0.15) is 0 Å². The molecule has 0 aromatic carbocycles. The molecule has 3 heteroatoms. The first kappa shape index (κ1) is 15.8. The zero-order valence-corrected chi connectivity index (χ0v) is 13.9. The van der Waals surface area contributed by atoms with Crippen LogP contribution in [0.2, 0.25) is 0 Å². The molecule has 20 heavy (non-hydrogen) atoms. The third-order valence-electron chi connectivity index (χ3n) is 5.09. The van der Waals surface area contributed by atoms with E-state index in [1.165, 1.54) is 25.7 Å². The molecular weight excluding hydrogens is 248 g/mol. The third kappa shape index (κ3) is 3.36. The fraction of sp³-hybridized carbons (Fsp3) is 0.941. The topological polar surface area (TPSA) is 32.3 Å². The van der Waals surface area contributed by atoms with E-state index in [-0.39, 0.29) is 12.2 Å². The van der Waals surface area contributed by atoms with Gasteiger partial charge >= 0.3 is 0 Å². The largest absolute Gasteiger partial charge is 0.323 e. The lowest BCUT2D eigenvalue weighted by Gasteiger charge is -2.41. The van der Waals surface area contributed by atoms with Crippen molar-refractivity contribution in [2.24, 2.45) is 11.3 Å². The summed E-state index contributed by atoms with van der Waals surface area (Å²) in [5.41, 5.74) is 0.463. The second-order valence-corrected chi connectivity index (χ2v) is 7.91. The van der Waals surface area contributed by atoms with Crippen LogP contribution in [0.4, 0.5) is 0 Å². The molecule has 2 atom stereocenters. The maximum atomic E-state index is 12.7. The molecule has 2 rings (SSSR count). The first-order valence-corrected chi connectivity index (χ1v) is 8.42. The van der Waals surface area contributed by atoms with Crippen molar-refractivity contribution in [1.82, 2.24) is 10.2 Å². The van der Waals surface area contributed by atoms with E-state index in [2.05, 4.69) is 44.8 Å². The van der Waals surface area contributed by atoms with Crippen LogP contribution < -0.4 is 5.32 Å². The van der Waals surface area contributed by atoms with E-state index in [9.17, 15) is 4.79 Å². The van der Waals surface area contributed by atoms with Gasteiger partial charge in [0.05, 0.1) is 12.2 Å². The van der Waals surface area contributed by atoms with Crippen molar-refractivity contribution < 1.29 is 4.79 Å². The van der Waals surface area contributed by atoms with E-state index in [0.717, 1.165) is 12.8 Å². The molecule has 1 saturated carbocycles. The first-order valence-electron chi connectivity index (χ1n) is 8.42. The number of rotatable bonds is 4. The molecule has 2 unspecified atom stereocenters. The van der Waals surface area contributed by atoms with Gasteiger partial charge in [0.2, 0.25) is 5.91 Å². The average Bonchev–Trinajstić information content (AvgIpc) is 2.65. The summed E-state index contributed by atoms with van der Waals surface area (Å²) >= 11 is 0. The normalized spacial score (nSPS) is 31.3. The Hall–Kier alpha value is -0.570. The third-order valence-corrected chi connectivity index (χ3v) is 5.09. The molecule has 2 fully saturated rings. The van der Waals surface area contributed by atoms with Gasteiger partial charge in [-0.15, -0.1) is 0 Å². The predicted molar refractivity (Wildman–Crippen MR) is 83.3 cm³/mol. The molecule has 1 aliphatic heterocycles. The van der Waals surface area contributed by atoms with Gasteiger partial charge in [0, 0.05) is 6.04 Å². The van der Waals surface area contributed by atoms with Gasteiger partial charge < -0.3 is 4.90 Å². The van der Waals surface area contributed by atoms with Crippen molar-refractivity contribution in [1.29, 1.82) is 0 Å². The fourth-order valence-electron chi connectivity index (χ4n) is 3.73. The van der Waals surface area contributed by atoms with Crippen LogP contribution >= 0.6 is 0 Å². The Morgan fingerprint density at radius 2 is 1.90 bits per heavy atom. The van der Waals surface area contributed by atoms with Crippen LogP contribution in [-0.2, 0) is 4.79 Å². The average molecular weight is 280 g/mol. The van der Waals surface area contributed by atoms with Crippen LogP contribution in [0.5, 0.6) is 0 Å². The Morgan fingerprint density at radius 3 is 2.40 bits per heavy atom. The number of carbonyl (C=O) groups excluding carboxylic acids is 1. The van der Waals surface area contributed by atoms with Crippen molar-refractivity contribution in [3.05, 3.63) is 0 Å². The quantitative estimate of drug-likeness (QED) is 0.854. The highest BCUT2D eigenvalue weighted by Crippen LogP contribution is 2.38. The number of carbonyl (C=O) groups is 1. The number of hydrogen-bond donors (Lipinski definition) is 1. The van der Waals surface area contributed by atoms with Crippen LogP contribution in [0, 0.1) is 11.3 Å². The molecule has 0 spiro atoms. The smallest absolute Gasteiger partial charge is 0.241 e. The lowest BCUT2D eigenvalue weighted by Crippen LogP contribution is -2.47. The molecule has 1 saturated heterocycles. The highest BCUT2D eigenvalue weighted by Gasteiger charge is 2.43. The van der Waals surface area contributed by atoms with Crippen LogP contribution in [0.3, 0.4) is 0 Å². The van der Waals surface area contributed by atoms with Gasteiger partial charge in [-0.1, -0.05) is 34.6 Å². The summed E-state index contributed by atoms with van der Waals surface area (Å²) in [6.45, 7) is 11.3. The summed E-state index contributed by atoms with van der Waals surface area (Å²) in [6, 6.07) is 0.511. The van der Waals surface area contributed by atoms with E-state index < -0.39 is 0 Å². The van der Waals surface area contributed by atoms with Crippen molar-refractivity contribution in [2.45, 2.75) is 91.4 Å². The number of nitrogens with one attached hydrogen (secondary N) is 1. The Kier molecular flexibility index (Phi) is 4.78. The summed E-state index contributed by atoms with van der Waals surface area (Å²) < 4.78 is 0. The van der Waals surface area contributed by atoms with Crippen molar-refractivity contribution in [2.75, 3.05) is 0 Å². The molecule has 1 N–H and O–H groups in total. The molecular formula is C17H32N2O. The summed E-state index contributed by atoms with van der Waals surface area (Å²) in [5.74, 6) is 0.973. The summed E-state index contributed by atoms with van der Waals surface area (Å²) in [4.78, 5) is 14.9. The Balaban J connectivity index is 2.07. The Labute approximate surface area is 124 Å². The van der Waals surface area contributed by atoms with Crippen molar-refractivity contribution in [3.63, 3.8) is 0 Å². The van der Waals surface area contributed by atoms with E-state index >= 15 is 0 Å². The minimum absolute atomic E-state index is 0.0497. The van der Waals surface area contributed by atoms with Gasteiger partial charge in [-0.25, -0.2) is 0 Å². The molecule has 1 amide bonds. The standard InChI is InChI=1S/C17H32N2O/c1-6-14-16(20)19(15(18-14)11-12(2)3)13-7-9-17(4,5)10-8-13/h12-15,18H,6-11H2,1-5H3. The predicted octanol–water partition coefficient (Wildman–Crippen LogP) is 3.54. The zero-order chi connectivity index (χ0) is 14.9. The maximum Gasteiger partial charge on any atom is 0.241 e. The van der Waals surface area contributed by atoms with Gasteiger partial charge in [0.15, 0.2) is 0 Å². The van der Waals surface area contributed by atoms with E-state index in [4.69, 9.17) is 0 Å². The number of nitrogens with zero attached hydrogens (tertiary/aromatic N) is 1. The molecule has 116 valence electrons. The van der Waals surface area contributed by atoms with Crippen molar-refractivity contribution in [3.8, 4) is 0 Å². The van der Waals surface area contributed by atoms with Gasteiger partial charge in [-0.3, -0.25) is 10.1 Å². The van der Waals surface area contributed by atoms with E-state index in [1.807, 2.05) is 0 Å². The number of hydrogen-bond acceptors (Lipinski definition) is 2. The molecule has 0 aromatic rings. The van der Waals surface area contributed by atoms with Gasteiger partial charge in [-0.2, -0.15) is 0 Å². The number of amides is 1. The van der Waals surface area contributed by atoms with Crippen LogP contribution in [-0.4, -0.2) is 29.1 Å². The molecule has 0 bridgehead atoms. The van der Waals surface area contributed by atoms with Crippen molar-refractivity contribution >= 4 is 5.91 Å². The maximum absolute atomic E-state index is 12.7. The monoisotopic (exact) mass is 280 g/mol. The lowest BCUT2D eigenvalue weighted by molar-refractivity contribution is -0.133. The molecule has 1 aliphatic carbocycles.